The maximum atomic E-state index is 6.86. The molecule has 232 valence electrons. The zero-order chi connectivity index (χ0) is 33.0. The smallest absolute Gasteiger partial charge is 0.164 e. The molecule has 6 nitrogen and oxygen atoms in total. The number of aromatic nitrogens is 6. The molecule has 8 aromatic rings. The maximum Gasteiger partial charge on any atom is 0.164 e. The van der Waals surface area contributed by atoms with E-state index in [-0.39, 0.29) is 0 Å². The third-order valence-corrected chi connectivity index (χ3v) is 8.25. The molecule has 49 heavy (non-hydrogen) atoms. The van der Waals surface area contributed by atoms with Gasteiger partial charge in [-0.05, 0) is 29.3 Å². The summed E-state index contributed by atoms with van der Waals surface area (Å²) in [6.45, 7) is 0. The standard InChI is InChI=1S/C42H27ClN6/c43-34-26-32(25-33(27-34)41-46-37(28-15-5-1-6-16-28)44-38(47-41)29-17-7-2-8-18-29)35-23-13-14-24-36(35)42-48-39(30-19-9-3-10-20-30)45-40(49-42)31-21-11-4-12-22-31/h1-27H. The van der Waals surface area contributed by atoms with Crippen LogP contribution in [0.4, 0.5) is 0 Å². The van der Waals surface area contributed by atoms with Crippen LogP contribution >= 0.6 is 11.6 Å². The number of hydrogen-bond donors (Lipinski definition) is 0. The first-order valence-electron chi connectivity index (χ1n) is 15.8. The first-order valence-corrected chi connectivity index (χ1v) is 16.2. The zero-order valence-electron chi connectivity index (χ0n) is 26.1. The minimum absolute atomic E-state index is 0.520. The van der Waals surface area contributed by atoms with E-state index in [1.807, 2.05) is 152 Å². The number of nitrogens with zero attached hydrogens (tertiary/aromatic N) is 6. The highest BCUT2D eigenvalue weighted by Crippen LogP contribution is 2.36. The van der Waals surface area contributed by atoms with E-state index in [0.29, 0.717) is 40.0 Å². The van der Waals surface area contributed by atoms with Crippen molar-refractivity contribution >= 4 is 11.6 Å². The summed E-state index contributed by atoms with van der Waals surface area (Å²) in [4.78, 5) is 29.6. The topological polar surface area (TPSA) is 77.3 Å². The van der Waals surface area contributed by atoms with E-state index >= 15 is 0 Å². The van der Waals surface area contributed by atoms with Crippen molar-refractivity contribution in [2.45, 2.75) is 0 Å². The van der Waals surface area contributed by atoms with E-state index < -0.39 is 0 Å². The van der Waals surface area contributed by atoms with Crippen molar-refractivity contribution in [2.75, 3.05) is 0 Å². The Balaban J connectivity index is 1.28. The lowest BCUT2D eigenvalue weighted by Gasteiger charge is -2.14. The minimum atomic E-state index is 0.520. The fourth-order valence-electron chi connectivity index (χ4n) is 5.67. The van der Waals surface area contributed by atoms with Gasteiger partial charge in [-0.1, -0.05) is 157 Å². The Bertz CT molecular complexity index is 2270. The van der Waals surface area contributed by atoms with Crippen LogP contribution in [-0.2, 0) is 0 Å². The van der Waals surface area contributed by atoms with E-state index in [1.165, 1.54) is 0 Å². The van der Waals surface area contributed by atoms with Gasteiger partial charge in [0.05, 0.1) is 0 Å². The van der Waals surface area contributed by atoms with Crippen LogP contribution in [0.25, 0.3) is 79.5 Å². The molecule has 2 heterocycles. The van der Waals surface area contributed by atoms with Gasteiger partial charge in [0.25, 0.3) is 0 Å². The molecule has 0 aliphatic rings. The fraction of sp³-hybridized carbons (Fsp3) is 0. The lowest BCUT2D eigenvalue weighted by molar-refractivity contribution is 1.07. The molecule has 0 saturated carbocycles. The SMILES string of the molecule is Clc1cc(-c2nc(-c3ccccc3)nc(-c3ccccc3)n2)cc(-c2ccccc2-c2nc(-c3ccccc3)nc(-c3ccccc3)n2)c1. The molecular formula is C42H27ClN6. The second-order valence-corrected chi connectivity index (χ2v) is 11.8. The van der Waals surface area contributed by atoms with Crippen LogP contribution in [0.15, 0.2) is 164 Å². The summed E-state index contributed by atoms with van der Waals surface area (Å²) in [5.74, 6) is 3.43. The van der Waals surface area contributed by atoms with Crippen LogP contribution in [0, 0.1) is 0 Å². The molecular weight excluding hydrogens is 624 g/mol. The van der Waals surface area contributed by atoms with Gasteiger partial charge in [-0.15, -0.1) is 0 Å². The average molecular weight is 651 g/mol. The highest BCUT2D eigenvalue weighted by molar-refractivity contribution is 6.31. The van der Waals surface area contributed by atoms with Crippen LogP contribution in [0.5, 0.6) is 0 Å². The summed E-state index contributed by atoms with van der Waals surface area (Å²) in [6, 6.07) is 53.7. The lowest BCUT2D eigenvalue weighted by atomic mass is 9.97. The molecule has 2 aromatic heterocycles. The predicted molar refractivity (Wildman–Crippen MR) is 196 cm³/mol. The molecule has 6 aromatic carbocycles. The van der Waals surface area contributed by atoms with Gasteiger partial charge >= 0.3 is 0 Å². The second kappa shape index (κ2) is 13.4. The van der Waals surface area contributed by atoms with Crippen LogP contribution in [0.1, 0.15) is 0 Å². The van der Waals surface area contributed by atoms with Gasteiger partial charge in [-0.2, -0.15) is 0 Å². The summed E-state index contributed by atoms with van der Waals surface area (Å²) >= 11 is 6.86. The van der Waals surface area contributed by atoms with Crippen molar-refractivity contribution in [1.82, 2.24) is 29.9 Å². The quantitative estimate of drug-likeness (QED) is 0.171. The van der Waals surface area contributed by atoms with Crippen molar-refractivity contribution in [2.24, 2.45) is 0 Å². The molecule has 0 aliphatic carbocycles. The molecule has 0 N–H and O–H groups in total. The van der Waals surface area contributed by atoms with Gasteiger partial charge < -0.3 is 0 Å². The van der Waals surface area contributed by atoms with Crippen LogP contribution in [0.3, 0.4) is 0 Å². The molecule has 7 heteroatoms. The van der Waals surface area contributed by atoms with E-state index in [2.05, 4.69) is 12.1 Å². The third-order valence-electron chi connectivity index (χ3n) is 8.03. The molecule has 0 amide bonds. The fourth-order valence-corrected chi connectivity index (χ4v) is 5.91. The highest BCUT2D eigenvalue weighted by atomic mass is 35.5. The molecule has 0 bridgehead atoms. The summed E-state index contributed by atoms with van der Waals surface area (Å²) in [5.41, 5.74) is 7.01. The maximum absolute atomic E-state index is 6.86. The molecule has 0 radical (unpaired) electrons. The Labute approximate surface area is 288 Å². The Kier molecular flexibility index (Phi) is 8.20. The van der Waals surface area contributed by atoms with Crippen molar-refractivity contribution in [3.63, 3.8) is 0 Å². The van der Waals surface area contributed by atoms with Crippen molar-refractivity contribution in [3.8, 4) is 79.5 Å². The molecule has 0 unspecified atom stereocenters. The van der Waals surface area contributed by atoms with E-state index in [1.54, 1.807) is 0 Å². The Hall–Kier alpha value is -6.37. The first kappa shape index (κ1) is 30.0. The minimum Gasteiger partial charge on any atom is -0.208 e. The Morgan fingerprint density at radius 1 is 0.265 bits per heavy atom. The van der Waals surface area contributed by atoms with Gasteiger partial charge in [-0.3, -0.25) is 0 Å². The number of benzene rings is 6. The van der Waals surface area contributed by atoms with E-state index in [4.69, 9.17) is 41.5 Å². The van der Waals surface area contributed by atoms with E-state index in [9.17, 15) is 0 Å². The lowest BCUT2D eigenvalue weighted by Crippen LogP contribution is -2.01. The largest absolute Gasteiger partial charge is 0.208 e. The molecule has 0 saturated heterocycles. The second-order valence-electron chi connectivity index (χ2n) is 11.4. The van der Waals surface area contributed by atoms with Gasteiger partial charge in [0, 0.05) is 38.4 Å². The Morgan fingerprint density at radius 3 is 0.980 bits per heavy atom. The zero-order valence-corrected chi connectivity index (χ0v) is 26.9. The molecule has 0 aliphatic heterocycles. The summed E-state index contributed by atoms with van der Waals surface area (Å²) in [6.07, 6.45) is 0. The van der Waals surface area contributed by atoms with Gasteiger partial charge in [0.2, 0.25) is 0 Å². The molecule has 0 fully saturated rings. The summed E-state index contributed by atoms with van der Waals surface area (Å²) in [5, 5.41) is 0.552. The number of halogens is 1. The van der Waals surface area contributed by atoms with Crippen molar-refractivity contribution < 1.29 is 0 Å². The Morgan fingerprint density at radius 2 is 0.571 bits per heavy atom. The van der Waals surface area contributed by atoms with Gasteiger partial charge in [0.1, 0.15) is 0 Å². The normalized spacial score (nSPS) is 11.0. The van der Waals surface area contributed by atoms with Crippen molar-refractivity contribution in [3.05, 3.63) is 169 Å². The molecule has 0 spiro atoms. The van der Waals surface area contributed by atoms with Crippen LogP contribution < -0.4 is 0 Å². The van der Waals surface area contributed by atoms with E-state index in [0.717, 1.165) is 44.5 Å². The van der Waals surface area contributed by atoms with Gasteiger partial charge in [0.15, 0.2) is 34.9 Å². The van der Waals surface area contributed by atoms with Gasteiger partial charge in [-0.25, -0.2) is 29.9 Å². The third kappa shape index (κ3) is 6.46. The monoisotopic (exact) mass is 650 g/mol. The first-order chi connectivity index (χ1) is 24.2. The van der Waals surface area contributed by atoms with Crippen LogP contribution in [0.2, 0.25) is 5.02 Å². The number of rotatable bonds is 7. The van der Waals surface area contributed by atoms with Crippen LogP contribution in [-0.4, -0.2) is 29.9 Å². The molecule has 8 rings (SSSR count). The predicted octanol–water partition coefficient (Wildman–Crippen LogP) is 10.4. The van der Waals surface area contributed by atoms with Crippen molar-refractivity contribution in [1.29, 1.82) is 0 Å². The summed E-state index contributed by atoms with van der Waals surface area (Å²) < 4.78 is 0. The number of hydrogen-bond acceptors (Lipinski definition) is 6. The summed E-state index contributed by atoms with van der Waals surface area (Å²) in [7, 11) is 0. The highest BCUT2D eigenvalue weighted by Gasteiger charge is 2.18. The average Bonchev–Trinajstić information content (AvgIpc) is 3.18. The molecule has 0 atom stereocenters.